The smallest absolute Gasteiger partial charge is 0.387 e. The predicted octanol–water partition coefficient (Wildman–Crippen LogP) is 3.68. The van der Waals surface area contributed by atoms with Crippen LogP contribution in [0.1, 0.15) is 22.8 Å². The third-order valence-corrected chi connectivity index (χ3v) is 3.87. The van der Waals surface area contributed by atoms with E-state index < -0.39 is 6.61 Å². The van der Waals surface area contributed by atoms with E-state index >= 15 is 0 Å². The fraction of sp³-hybridized carbons (Fsp3) is 0.350. The SMILES string of the molecule is CCOc1cc(C(=O)NCCc2ccc(OC(F)F)c(OC)c2)ccc1OC. The number of nitrogens with one attached hydrogen (secondary N) is 1. The van der Waals surface area contributed by atoms with Gasteiger partial charge in [0, 0.05) is 12.1 Å². The third kappa shape index (κ3) is 5.73. The van der Waals surface area contributed by atoms with Crippen LogP contribution < -0.4 is 24.3 Å². The zero-order valence-corrected chi connectivity index (χ0v) is 16.0. The molecule has 0 aromatic heterocycles. The molecule has 2 rings (SSSR count). The summed E-state index contributed by atoms with van der Waals surface area (Å²) >= 11 is 0. The lowest BCUT2D eigenvalue weighted by Gasteiger charge is -2.12. The molecule has 0 unspecified atom stereocenters. The normalized spacial score (nSPS) is 10.5. The Bertz CT molecular complexity index is 798. The number of methoxy groups -OCH3 is 2. The summed E-state index contributed by atoms with van der Waals surface area (Å²) in [4.78, 5) is 12.4. The standard InChI is InChI=1S/C20H23F2NO5/c1-4-27-18-12-14(6-8-15(18)25-2)19(24)23-10-9-13-5-7-16(28-20(21)22)17(11-13)26-3/h5-8,11-12,20H,4,9-10H2,1-3H3,(H,23,24). The van der Waals surface area contributed by atoms with Crippen LogP contribution in [0.5, 0.6) is 23.0 Å². The van der Waals surface area contributed by atoms with Crippen LogP contribution in [-0.2, 0) is 6.42 Å². The van der Waals surface area contributed by atoms with E-state index in [1.54, 1.807) is 30.3 Å². The summed E-state index contributed by atoms with van der Waals surface area (Å²) in [5, 5.41) is 2.81. The second-order valence-electron chi connectivity index (χ2n) is 5.67. The van der Waals surface area contributed by atoms with Crippen molar-refractivity contribution in [2.75, 3.05) is 27.4 Å². The van der Waals surface area contributed by atoms with E-state index in [-0.39, 0.29) is 17.4 Å². The zero-order valence-electron chi connectivity index (χ0n) is 16.0. The van der Waals surface area contributed by atoms with Crippen LogP contribution in [0.15, 0.2) is 36.4 Å². The van der Waals surface area contributed by atoms with Crippen LogP contribution in [0.2, 0.25) is 0 Å². The van der Waals surface area contributed by atoms with E-state index in [0.29, 0.717) is 36.6 Å². The molecule has 2 aromatic rings. The van der Waals surface area contributed by atoms with E-state index in [2.05, 4.69) is 10.1 Å². The minimum atomic E-state index is -2.93. The number of carbonyl (C=O) groups is 1. The van der Waals surface area contributed by atoms with Crippen molar-refractivity contribution in [2.24, 2.45) is 0 Å². The molecule has 0 heterocycles. The summed E-state index contributed by atoms with van der Waals surface area (Å²) < 4.78 is 44.9. The van der Waals surface area contributed by atoms with Crippen LogP contribution in [0.3, 0.4) is 0 Å². The van der Waals surface area contributed by atoms with Crippen molar-refractivity contribution in [3.8, 4) is 23.0 Å². The van der Waals surface area contributed by atoms with Crippen molar-refractivity contribution >= 4 is 5.91 Å². The first-order chi connectivity index (χ1) is 13.5. The Morgan fingerprint density at radius 2 is 1.71 bits per heavy atom. The van der Waals surface area contributed by atoms with Crippen LogP contribution in [0.4, 0.5) is 8.78 Å². The van der Waals surface area contributed by atoms with Gasteiger partial charge in [0.25, 0.3) is 5.91 Å². The van der Waals surface area contributed by atoms with Crippen molar-refractivity contribution in [3.05, 3.63) is 47.5 Å². The fourth-order valence-corrected chi connectivity index (χ4v) is 2.57. The molecule has 28 heavy (non-hydrogen) atoms. The molecule has 0 aliphatic rings. The highest BCUT2D eigenvalue weighted by atomic mass is 19.3. The Balaban J connectivity index is 1.97. The van der Waals surface area contributed by atoms with Gasteiger partial charge in [0.2, 0.25) is 0 Å². The largest absolute Gasteiger partial charge is 0.493 e. The summed E-state index contributed by atoms with van der Waals surface area (Å²) in [6.45, 7) is -0.273. The molecule has 0 atom stereocenters. The summed E-state index contributed by atoms with van der Waals surface area (Å²) in [6.07, 6.45) is 0.492. The van der Waals surface area contributed by atoms with Gasteiger partial charge in [-0.1, -0.05) is 6.07 Å². The van der Waals surface area contributed by atoms with Gasteiger partial charge in [-0.25, -0.2) is 0 Å². The molecule has 1 N–H and O–H groups in total. The lowest BCUT2D eigenvalue weighted by Crippen LogP contribution is -2.25. The molecule has 0 saturated heterocycles. The zero-order chi connectivity index (χ0) is 20.5. The highest BCUT2D eigenvalue weighted by Crippen LogP contribution is 2.30. The Morgan fingerprint density at radius 1 is 1.00 bits per heavy atom. The minimum absolute atomic E-state index is 0.0352. The molecule has 0 bridgehead atoms. The molecule has 0 aliphatic carbocycles. The molecule has 2 aromatic carbocycles. The lowest BCUT2D eigenvalue weighted by atomic mass is 10.1. The summed E-state index contributed by atoms with van der Waals surface area (Å²) in [5.41, 5.74) is 1.26. The maximum absolute atomic E-state index is 12.4. The van der Waals surface area contributed by atoms with Crippen LogP contribution in [-0.4, -0.2) is 39.9 Å². The maximum atomic E-state index is 12.4. The molecule has 0 aliphatic heterocycles. The number of rotatable bonds is 10. The molecule has 0 spiro atoms. The number of hydrogen-bond acceptors (Lipinski definition) is 5. The van der Waals surface area contributed by atoms with Gasteiger partial charge in [0.05, 0.1) is 20.8 Å². The molecule has 0 saturated carbocycles. The van der Waals surface area contributed by atoms with Gasteiger partial charge in [-0.3, -0.25) is 4.79 Å². The number of ether oxygens (including phenoxy) is 4. The number of benzene rings is 2. The molecular formula is C20H23F2NO5. The molecule has 152 valence electrons. The second kappa shape index (κ2) is 10.3. The number of hydrogen-bond donors (Lipinski definition) is 1. The van der Waals surface area contributed by atoms with Gasteiger partial charge in [0.15, 0.2) is 23.0 Å². The predicted molar refractivity (Wildman–Crippen MR) is 99.8 cm³/mol. The van der Waals surface area contributed by atoms with Gasteiger partial charge >= 0.3 is 6.61 Å². The van der Waals surface area contributed by atoms with Crippen molar-refractivity contribution in [2.45, 2.75) is 20.0 Å². The quantitative estimate of drug-likeness (QED) is 0.665. The average Bonchev–Trinajstić information content (AvgIpc) is 2.68. The number of carbonyl (C=O) groups excluding carboxylic acids is 1. The van der Waals surface area contributed by atoms with E-state index in [1.165, 1.54) is 20.3 Å². The van der Waals surface area contributed by atoms with Crippen molar-refractivity contribution in [1.82, 2.24) is 5.32 Å². The molecule has 6 nitrogen and oxygen atoms in total. The Morgan fingerprint density at radius 3 is 2.36 bits per heavy atom. The van der Waals surface area contributed by atoms with Gasteiger partial charge in [-0.15, -0.1) is 0 Å². The van der Waals surface area contributed by atoms with Crippen LogP contribution >= 0.6 is 0 Å². The van der Waals surface area contributed by atoms with Gasteiger partial charge in [0.1, 0.15) is 0 Å². The highest BCUT2D eigenvalue weighted by molar-refractivity contribution is 5.94. The van der Waals surface area contributed by atoms with Crippen molar-refractivity contribution in [1.29, 1.82) is 0 Å². The summed E-state index contributed by atoms with van der Waals surface area (Å²) in [6, 6.07) is 9.61. The van der Waals surface area contributed by atoms with E-state index in [4.69, 9.17) is 14.2 Å². The van der Waals surface area contributed by atoms with E-state index in [9.17, 15) is 13.6 Å². The number of halogens is 2. The Hall–Kier alpha value is -3.03. The monoisotopic (exact) mass is 395 g/mol. The maximum Gasteiger partial charge on any atom is 0.387 e. The first-order valence-electron chi connectivity index (χ1n) is 8.69. The lowest BCUT2D eigenvalue weighted by molar-refractivity contribution is -0.0512. The average molecular weight is 395 g/mol. The first-order valence-corrected chi connectivity index (χ1v) is 8.69. The highest BCUT2D eigenvalue weighted by Gasteiger charge is 2.13. The molecule has 8 heteroatoms. The first kappa shape index (κ1) is 21.3. The molecule has 0 radical (unpaired) electrons. The number of amides is 1. The van der Waals surface area contributed by atoms with Gasteiger partial charge in [-0.05, 0) is 49.2 Å². The second-order valence-corrected chi connectivity index (χ2v) is 5.67. The topological polar surface area (TPSA) is 66.0 Å². The Kier molecular flexibility index (Phi) is 7.86. The minimum Gasteiger partial charge on any atom is -0.493 e. The van der Waals surface area contributed by atoms with Gasteiger partial charge in [-0.2, -0.15) is 8.78 Å². The fourth-order valence-electron chi connectivity index (χ4n) is 2.57. The Labute approximate surface area is 162 Å². The third-order valence-electron chi connectivity index (χ3n) is 3.87. The van der Waals surface area contributed by atoms with E-state index in [0.717, 1.165) is 5.56 Å². The van der Waals surface area contributed by atoms with E-state index in [1.807, 2.05) is 6.92 Å². The summed E-state index contributed by atoms with van der Waals surface area (Å²) in [5.74, 6) is 0.967. The number of alkyl halides is 2. The molecule has 1 amide bonds. The van der Waals surface area contributed by atoms with Gasteiger partial charge < -0.3 is 24.3 Å². The molecule has 0 fully saturated rings. The van der Waals surface area contributed by atoms with Crippen LogP contribution in [0, 0.1) is 0 Å². The summed E-state index contributed by atoms with van der Waals surface area (Å²) in [7, 11) is 2.91. The van der Waals surface area contributed by atoms with Crippen LogP contribution in [0.25, 0.3) is 0 Å². The molecular weight excluding hydrogens is 372 g/mol. The van der Waals surface area contributed by atoms with Crippen molar-refractivity contribution in [3.63, 3.8) is 0 Å². The van der Waals surface area contributed by atoms with Crippen molar-refractivity contribution < 1.29 is 32.5 Å².